The molecule has 0 radical (unpaired) electrons. The van der Waals surface area contributed by atoms with Crippen molar-refractivity contribution in [2.24, 2.45) is 0 Å². The standard InChI is InChI=1S/C21H14O/c1-3-7-18-14(5-1)9-11-16-13-17-12-10-15-6-2-4-8-19(15)21(17)22-20(16)18/h1-12H,13H2. The highest BCUT2D eigenvalue weighted by molar-refractivity contribution is 5.94. The Labute approximate surface area is 128 Å². The Morgan fingerprint density at radius 3 is 1.59 bits per heavy atom. The van der Waals surface area contributed by atoms with E-state index in [9.17, 15) is 0 Å². The van der Waals surface area contributed by atoms with Crippen LogP contribution in [-0.2, 0) is 6.42 Å². The molecule has 104 valence electrons. The van der Waals surface area contributed by atoms with Crippen molar-refractivity contribution in [1.29, 1.82) is 0 Å². The Kier molecular flexibility index (Phi) is 2.33. The smallest absolute Gasteiger partial charge is 0.138 e. The van der Waals surface area contributed by atoms with Gasteiger partial charge in [-0.3, -0.25) is 0 Å². The lowest BCUT2D eigenvalue weighted by Gasteiger charge is -2.23. The fourth-order valence-corrected chi connectivity index (χ4v) is 3.40. The van der Waals surface area contributed by atoms with Crippen molar-refractivity contribution in [2.45, 2.75) is 6.42 Å². The van der Waals surface area contributed by atoms with Gasteiger partial charge >= 0.3 is 0 Å². The largest absolute Gasteiger partial charge is 0.455 e. The minimum absolute atomic E-state index is 0.931. The van der Waals surface area contributed by atoms with Crippen LogP contribution in [0.3, 0.4) is 0 Å². The molecule has 1 heterocycles. The van der Waals surface area contributed by atoms with Crippen LogP contribution in [0, 0.1) is 0 Å². The zero-order chi connectivity index (χ0) is 14.5. The molecule has 0 saturated heterocycles. The maximum Gasteiger partial charge on any atom is 0.138 e. The second kappa shape index (κ2) is 4.35. The van der Waals surface area contributed by atoms with Gasteiger partial charge in [0.1, 0.15) is 11.5 Å². The van der Waals surface area contributed by atoms with Crippen LogP contribution in [0.4, 0.5) is 0 Å². The quantitative estimate of drug-likeness (QED) is 0.354. The monoisotopic (exact) mass is 282 g/mol. The van der Waals surface area contributed by atoms with Crippen LogP contribution < -0.4 is 4.74 Å². The first-order valence-electron chi connectivity index (χ1n) is 7.59. The van der Waals surface area contributed by atoms with Crippen molar-refractivity contribution in [1.82, 2.24) is 0 Å². The first kappa shape index (κ1) is 11.8. The molecular formula is C21H14O. The molecule has 0 N–H and O–H groups in total. The average molecular weight is 282 g/mol. The van der Waals surface area contributed by atoms with E-state index in [4.69, 9.17) is 4.74 Å². The van der Waals surface area contributed by atoms with Crippen LogP contribution in [0.5, 0.6) is 11.5 Å². The fraction of sp³-hybridized carbons (Fsp3) is 0.0476. The van der Waals surface area contributed by atoms with Crippen molar-refractivity contribution in [3.05, 3.63) is 83.9 Å². The molecule has 1 nitrogen and oxygen atoms in total. The van der Waals surface area contributed by atoms with E-state index in [-0.39, 0.29) is 0 Å². The highest BCUT2D eigenvalue weighted by Gasteiger charge is 2.20. The van der Waals surface area contributed by atoms with Gasteiger partial charge in [0.05, 0.1) is 0 Å². The normalized spacial score (nSPS) is 12.7. The Hall–Kier alpha value is -2.80. The molecule has 0 aromatic heterocycles. The third-order valence-corrected chi connectivity index (χ3v) is 4.51. The molecule has 0 aliphatic carbocycles. The molecule has 5 rings (SSSR count). The van der Waals surface area contributed by atoms with E-state index in [1.165, 1.54) is 32.7 Å². The molecule has 0 spiro atoms. The van der Waals surface area contributed by atoms with Crippen molar-refractivity contribution >= 4 is 21.5 Å². The lowest BCUT2D eigenvalue weighted by molar-refractivity contribution is 0.471. The SMILES string of the molecule is c1ccc2c3c(ccc2c1)Cc1ccc2ccccc2c1O3. The van der Waals surface area contributed by atoms with Gasteiger partial charge in [-0.2, -0.15) is 0 Å². The first-order chi connectivity index (χ1) is 10.9. The number of hydrogen-bond donors (Lipinski definition) is 0. The van der Waals surface area contributed by atoms with E-state index in [0.29, 0.717) is 0 Å². The second-order valence-corrected chi connectivity index (χ2v) is 5.83. The van der Waals surface area contributed by atoms with Crippen molar-refractivity contribution in [3.63, 3.8) is 0 Å². The van der Waals surface area contributed by atoms with Crippen molar-refractivity contribution in [2.75, 3.05) is 0 Å². The zero-order valence-corrected chi connectivity index (χ0v) is 12.0. The van der Waals surface area contributed by atoms with Gasteiger partial charge in [0.2, 0.25) is 0 Å². The summed E-state index contributed by atoms with van der Waals surface area (Å²) < 4.78 is 6.40. The van der Waals surface area contributed by atoms with Crippen LogP contribution >= 0.6 is 0 Å². The van der Waals surface area contributed by atoms with E-state index in [2.05, 4.69) is 72.8 Å². The van der Waals surface area contributed by atoms with Gasteiger partial charge in [-0.1, -0.05) is 72.8 Å². The number of hydrogen-bond acceptors (Lipinski definition) is 1. The van der Waals surface area contributed by atoms with Crippen molar-refractivity contribution in [3.8, 4) is 11.5 Å². The van der Waals surface area contributed by atoms with E-state index < -0.39 is 0 Å². The van der Waals surface area contributed by atoms with Gasteiger partial charge in [0.15, 0.2) is 0 Å². The number of fused-ring (bicyclic) bond motifs is 6. The van der Waals surface area contributed by atoms with Crippen LogP contribution in [0.1, 0.15) is 11.1 Å². The van der Waals surface area contributed by atoms with Gasteiger partial charge in [-0.15, -0.1) is 0 Å². The second-order valence-electron chi connectivity index (χ2n) is 5.83. The first-order valence-corrected chi connectivity index (χ1v) is 7.59. The Morgan fingerprint density at radius 1 is 0.545 bits per heavy atom. The van der Waals surface area contributed by atoms with E-state index in [1.807, 2.05) is 0 Å². The molecule has 0 saturated carbocycles. The molecular weight excluding hydrogens is 268 g/mol. The highest BCUT2D eigenvalue weighted by Crippen LogP contribution is 2.44. The molecule has 0 atom stereocenters. The molecule has 1 aliphatic heterocycles. The van der Waals surface area contributed by atoms with Gasteiger partial charge in [0, 0.05) is 17.2 Å². The summed E-state index contributed by atoms with van der Waals surface area (Å²) in [6.07, 6.45) is 0.931. The van der Waals surface area contributed by atoms with E-state index in [1.54, 1.807) is 0 Å². The van der Waals surface area contributed by atoms with E-state index in [0.717, 1.165) is 17.9 Å². The number of ether oxygens (including phenoxy) is 1. The third kappa shape index (κ3) is 1.59. The van der Waals surface area contributed by atoms with Crippen LogP contribution in [0.15, 0.2) is 72.8 Å². The molecule has 0 amide bonds. The predicted octanol–water partition coefficient (Wildman–Crippen LogP) is 5.69. The summed E-state index contributed by atoms with van der Waals surface area (Å²) in [4.78, 5) is 0. The highest BCUT2D eigenvalue weighted by atomic mass is 16.5. The minimum atomic E-state index is 0.931. The maximum atomic E-state index is 6.40. The molecule has 4 aromatic carbocycles. The van der Waals surface area contributed by atoms with Crippen LogP contribution in [0.2, 0.25) is 0 Å². The van der Waals surface area contributed by atoms with Crippen LogP contribution in [0.25, 0.3) is 21.5 Å². The summed E-state index contributed by atoms with van der Waals surface area (Å²) >= 11 is 0. The van der Waals surface area contributed by atoms with Gasteiger partial charge in [-0.05, 0) is 21.9 Å². The maximum absolute atomic E-state index is 6.40. The molecule has 1 heteroatoms. The Morgan fingerprint density at radius 2 is 1.05 bits per heavy atom. The van der Waals surface area contributed by atoms with Crippen LogP contribution in [-0.4, -0.2) is 0 Å². The Bertz CT molecular complexity index is 947. The molecule has 4 aromatic rings. The zero-order valence-electron chi connectivity index (χ0n) is 12.0. The van der Waals surface area contributed by atoms with Gasteiger partial charge < -0.3 is 4.74 Å². The third-order valence-electron chi connectivity index (χ3n) is 4.51. The molecule has 22 heavy (non-hydrogen) atoms. The summed E-state index contributed by atoms with van der Waals surface area (Å²) in [7, 11) is 0. The number of benzene rings is 4. The minimum Gasteiger partial charge on any atom is -0.455 e. The van der Waals surface area contributed by atoms with E-state index >= 15 is 0 Å². The Balaban J connectivity index is 1.80. The van der Waals surface area contributed by atoms with Gasteiger partial charge in [0.25, 0.3) is 0 Å². The lowest BCUT2D eigenvalue weighted by Crippen LogP contribution is -2.04. The molecule has 0 unspecified atom stereocenters. The summed E-state index contributed by atoms with van der Waals surface area (Å²) in [5.41, 5.74) is 2.53. The number of rotatable bonds is 0. The summed E-state index contributed by atoms with van der Waals surface area (Å²) in [5, 5.41) is 4.84. The average Bonchev–Trinajstić information content (AvgIpc) is 2.60. The summed E-state index contributed by atoms with van der Waals surface area (Å²) in [6.45, 7) is 0. The molecule has 1 aliphatic rings. The predicted molar refractivity (Wildman–Crippen MR) is 90.8 cm³/mol. The lowest BCUT2D eigenvalue weighted by atomic mass is 9.94. The fourth-order valence-electron chi connectivity index (χ4n) is 3.40. The topological polar surface area (TPSA) is 9.23 Å². The van der Waals surface area contributed by atoms with Gasteiger partial charge in [-0.25, -0.2) is 0 Å². The summed E-state index contributed by atoms with van der Waals surface area (Å²) in [6, 6.07) is 25.6. The molecule has 0 bridgehead atoms. The van der Waals surface area contributed by atoms with Crippen molar-refractivity contribution < 1.29 is 4.74 Å². The summed E-state index contributed by atoms with van der Waals surface area (Å²) in [5.74, 6) is 2.03. The molecule has 0 fully saturated rings.